The minimum Gasteiger partial charge on any atom is -0.464 e. The average molecular weight is 323 g/mol. The maximum atomic E-state index is 12.5. The Hall–Kier alpha value is -2.62. The van der Waals surface area contributed by atoms with Gasteiger partial charge in [0.2, 0.25) is 5.91 Å². The maximum Gasteiger partial charge on any atom is 0.328 e. The van der Waals surface area contributed by atoms with Crippen LogP contribution in [-0.2, 0) is 14.3 Å². The SMILES string of the molecule is CCOC(=O)C1CCCN1C(=O)C=Cc1cccc2ccccc12. The van der Waals surface area contributed by atoms with Crippen molar-refractivity contribution in [3.8, 4) is 0 Å². The number of fused-ring (bicyclic) bond motifs is 1. The Kier molecular flexibility index (Phi) is 4.94. The van der Waals surface area contributed by atoms with E-state index in [-0.39, 0.29) is 11.9 Å². The molecule has 0 spiro atoms. The van der Waals surface area contributed by atoms with Crippen LogP contribution in [-0.4, -0.2) is 36.0 Å². The lowest BCUT2D eigenvalue weighted by Crippen LogP contribution is -2.40. The summed E-state index contributed by atoms with van der Waals surface area (Å²) in [7, 11) is 0. The lowest BCUT2D eigenvalue weighted by molar-refractivity contribution is -0.151. The highest BCUT2D eigenvalue weighted by atomic mass is 16.5. The second-order valence-corrected chi connectivity index (χ2v) is 5.84. The van der Waals surface area contributed by atoms with Crippen molar-refractivity contribution in [3.63, 3.8) is 0 Å². The molecule has 0 bridgehead atoms. The van der Waals surface area contributed by atoms with Gasteiger partial charge >= 0.3 is 5.97 Å². The number of ether oxygens (including phenoxy) is 1. The summed E-state index contributed by atoms with van der Waals surface area (Å²) in [6.45, 7) is 2.71. The third-order valence-corrected chi connectivity index (χ3v) is 4.32. The first-order chi connectivity index (χ1) is 11.7. The molecule has 1 unspecified atom stereocenters. The molecule has 2 aromatic rings. The smallest absolute Gasteiger partial charge is 0.328 e. The van der Waals surface area contributed by atoms with Crippen molar-refractivity contribution in [3.05, 3.63) is 54.1 Å². The van der Waals surface area contributed by atoms with Gasteiger partial charge in [-0.2, -0.15) is 0 Å². The number of carbonyl (C=O) groups is 2. The van der Waals surface area contributed by atoms with Crippen molar-refractivity contribution < 1.29 is 14.3 Å². The second kappa shape index (κ2) is 7.30. The molecule has 3 rings (SSSR count). The Balaban J connectivity index is 1.78. The van der Waals surface area contributed by atoms with Gasteiger partial charge in [0, 0.05) is 12.6 Å². The topological polar surface area (TPSA) is 46.6 Å². The van der Waals surface area contributed by atoms with Crippen LogP contribution in [0, 0.1) is 0 Å². The van der Waals surface area contributed by atoms with E-state index in [1.165, 1.54) is 0 Å². The van der Waals surface area contributed by atoms with E-state index in [0.29, 0.717) is 19.6 Å². The fourth-order valence-electron chi connectivity index (χ4n) is 3.17. The molecule has 4 heteroatoms. The van der Waals surface area contributed by atoms with Crippen molar-refractivity contribution >= 4 is 28.7 Å². The molecule has 1 aliphatic rings. The van der Waals surface area contributed by atoms with Gasteiger partial charge in [0.25, 0.3) is 0 Å². The first-order valence-electron chi connectivity index (χ1n) is 8.34. The van der Waals surface area contributed by atoms with Crippen LogP contribution in [0.25, 0.3) is 16.8 Å². The molecule has 0 N–H and O–H groups in total. The third kappa shape index (κ3) is 3.32. The zero-order chi connectivity index (χ0) is 16.9. The minimum atomic E-state index is -0.449. The number of hydrogen-bond donors (Lipinski definition) is 0. The normalized spacial score (nSPS) is 17.5. The van der Waals surface area contributed by atoms with Crippen LogP contribution in [0.1, 0.15) is 25.3 Å². The molecule has 1 atom stereocenters. The first kappa shape index (κ1) is 16.2. The second-order valence-electron chi connectivity index (χ2n) is 5.84. The molecule has 1 heterocycles. The number of rotatable bonds is 4. The van der Waals surface area contributed by atoms with Crippen LogP contribution in [0.5, 0.6) is 0 Å². The molecule has 1 fully saturated rings. The van der Waals surface area contributed by atoms with Crippen molar-refractivity contribution in [2.75, 3.05) is 13.2 Å². The molecular formula is C20H21NO3. The van der Waals surface area contributed by atoms with Gasteiger partial charge in [0.1, 0.15) is 6.04 Å². The van der Waals surface area contributed by atoms with E-state index in [9.17, 15) is 9.59 Å². The van der Waals surface area contributed by atoms with Gasteiger partial charge in [-0.05, 0) is 42.2 Å². The molecular weight excluding hydrogens is 302 g/mol. The van der Waals surface area contributed by atoms with E-state index < -0.39 is 6.04 Å². The lowest BCUT2D eigenvalue weighted by Gasteiger charge is -2.21. The summed E-state index contributed by atoms with van der Waals surface area (Å²) in [6.07, 6.45) is 4.88. The molecule has 4 nitrogen and oxygen atoms in total. The molecule has 0 saturated carbocycles. The average Bonchev–Trinajstić information content (AvgIpc) is 3.10. The molecule has 124 valence electrons. The van der Waals surface area contributed by atoms with Crippen LogP contribution >= 0.6 is 0 Å². The van der Waals surface area contributed by atoms with Crippen LogP contribution in [0.2, 0.25) is 0 Å². The van der Waals surface area contributed by atoms with Gasteiger partial charge in [-0.1, -0.05) is 42.5 Å². The zero-order valence-electron chi connectivity index (χ0n) is 13.8. The zero-order valence-corrected chi connectivity index (χ0v) is 13.8. The molecule has 0 aliphatic carbocycles. The van der Waals surface area contributed by atoms with E-state index in [4.69, 9.17) is 4.74 Å². The predicted molar refractivity (Wildman–Crippen MR) is 94.4 cm³/mol. The summed E-state index contributed by atoms with van der Waals surface area (Å²) < 4.78 is 5.07. The van der Waals surface area contributed by atoms with E-state index in [1.54, 1.807) is 17.9 Å². The highest BCUT2D eigenvalue weighted by molar-refractivity contribution is 5.98. The molecule has 1 aliphatic heterocycles. The standard InChI is InChI=1S/C20H21NO3/c1-2-24-20(23)18-11-6-14-21(18)19(22)13-12-16-9-5-8-15-7-3-4-10-17(15)16/h3-5,7-10,12-13,18H,2,6,11,14H2,1H3. The van der Waals surface area contributed by atoms with Gasteiger partial charge in [-0.3, -0.25) is 4.79 Å². The number of esters is 1. The Morgan fingerprint density at radius 3 is 2.83 bits per heavy atom. The number of likely N-dealkylation sites (tertiary alicyclic amines) is 1. The number of amides is 1. The van der Waals surface area contributed by atoms with E-state index >= 15 is 0 Å². The monoisotopic (exact) mass is 323 g/mol. The molecule has 1 saturated heterocycles. The largest absolute Gasteiger partial charge is 0.464 e. The third-order valence-electron chi connectivity index (χ3n) is 4.32. The number of nitrogens with zero attached hydrogens (tertiary/aromatic N) is 1. The summed E-state index contributed by atoms with van der Waals surface area (Å²) >= 11 is 0. The number of benzene rings is 2. The number of hydrogen-bond acceptors (Lipinski definition) is 3. The lowest BCUT2D eigenvalue weighted by atomic mass is 10.0. The van der Waals surface area contributed by atoms with Gasteiger partial charge in [0.05, 0.1) is 6.61 Å². The van der Waals surface area contributed by atoms with Crippen LogP contribution in [0.4, 0.5) is 0 Å². The Bertz CT molecular complexity index is 776. The summed E-state index contributed by atoms with van der Waals surface area (Å²) in [6, 6.07) is 13.6. The Morgan fingerprint density at radius 1 is 1.21 bits per heavy atom. The van der Waals surface area contributed by atoms with Crippen molar-refractivity contribution in [2.24, 2.45) is 0 Å². The van der Waals surface area contributed by atoms with E-state index in [1.807, 2.05) is 48.5 Å². The van der Waals surface area contributed by atoms with Crippen molar-refractivity contribution in [1.29, 1.82) is 0 Å². The van der Waals surface area contributed by atoms with Crippen LogP contribution in [0.15, 0.2) is 48.5 Å². The molecule has 0 radical (unpaired) electrons. The highest BCUT2D eigenvalue weighted by Crippen LogP contribution is 2.22. The quantitative estimate of drug-likeness (QED) is 0.640. The van der Waals surface area contributed by atoms with Crippen LogP contribution < -0.4 is 0 Å². The van der Waals surface area contributed by atoms with Crippen LogP contribution in [0.3, 0.4) is 0 Å². The molecule has 2 aromatic carbocycles. The van der Waals surface area contributed by atoms with E-state index in [0.717, 1.165) is 22.8 Å². The van der Waals surface area contributed by atoms with Gasteiger partial charge < -0.3 is 9.64 Å². The minimum absolute atomic E-state index is 0.140. The Labute approximate surface area is 141 Å². The molecule has 24 heavy (non-hydrogen) atoms. The van der Waals surface area contributed by atoms with Crippen molar-refractivity contribution in [2.45, 2.75) is 25.8 Å². The predicted octanol–water partition coefficient (Wildman–Crippen LogP) is 3.41. The van der Waals surface area contributed by atoms with Crippen molar-refractivity contribution in [1.82, 2.24) is 4.90 Å². The van der Waals surface area contributed by atoms with E-state index in [2.05, 4.69) is 0 Å². The first-order valence-corrected chi connectivity index (χ1v) is 8.34. The fraction of sp³-hybridized carbons (Fsp3) is 0.300. The molecule has 1 amide bonds. The fourth-order valence-corrected chi connectivity index (χ4v) is 3.17. The summed E-state index contributed by atoms with van der Waals surface area (Å²) in [5, 5.41) is 2.24. The maximum absolute atomic E-state index is 12.5. The van der Waals surface area contributed by atoms with Gasteiger partial charge in [0.15, 0.2) is 0 Å². The van der Waals surface area contributed by atoms with Gasteiger partial charge in [-0.15, -0.1) is 0 Å². The summed E-state index contributed by atoms with van der Waals surface area (Å²) in [5.74, 6) is -0.444. The summed E-state index contributed by atoms with van der Waals surface area (Å²) in [4.78, 5) is 26.1. The summed E-state index contributed by atoms with van der Waals surface area (Å²) in [5.41, 5.74) is 0.994. The Morgan fingerprint density at radius 2 is 2.00 bits per heavy atom. The molecule has 0 aromatic heterocycles. The van der Waals surface area contributed by atoms with Gasteiger partial charge in [-0.25, -0.2) is 4.79 Å². The highest BCUT2D eigenvalue weighted by Gasteiger charge is 2.34. The number of carbonyl (C=O) groups excluding carboxylic acids is 2.